The summed E-state index contributed by atoms with van der Waals surface area (Å²) in [5.41, 5.74) is -0.441. The van der Waals surface area contributed by atoms with Gasteiger partial charge in [-0.15, -0.1) is 0 Å². The molecule has 3 amide bonds. The van der Waals surface area contributed by atoms with Crippen LogP contribution in [0.2, 0.25) is 0 Å². The SMILES string of the molecule is CNC(=O)[C@H]1[C@H]2C(=O)N([C@H](C)CO)[C@H](C(=O)NC(C)(C)CC(C)(C)C)[C@H]2C=C[C@H]1C. The Kier molecular flexibility index (Phi) is 7.06. The highest BCUT2D eigenvalue weighted by Crippen LogP contribution is 2.44. The number of fused-ring (bicyclic) bond motifs is 1. The van der Waals surface area contributed by atoms with Crippen molar-refractivity contribution in [2.45, 2.75) is 72.5 Å². The maximum absolute atomic E-state index is 13.5. The number of amides is 3. The van der Waals surface area contributed by atoms with Gasteiger partial charge in [-0.25, -0.2) is 0 Å². The number of carbonyl (C=O) groups is 3. The summed E-state index contributed by atoms with van der Waals surface area (Å²) in [4.78, 5) is 41.0. The molecule has 30 heavy (non-hydrogen) atoms. The van der Waals surface area contributed by atoms with Crippen LogP contribution in [0.5, 0.6) is 0 Å². The quantitative estimate of drug-likeness (QED) is 0.569. The van der Waals surface area contributed by atoms with Crippen LogP contribution in [0.25, 0.3) is 0 Å². The molecule has 0 unspecified atom stereocenters. The number of hydrogen-bond acceptors (Lipinski definition) is 4. The fourth-order valence-corrected chi connectivity index (χ4v) is 5.45. The number of aliphatic hydroxyl groups excluding tert-OH is 1. The molecule has 7 heteroatoms. The van der Waals surface area contributed by atoms with E-state index in [2.05, 4.69) is 31.4 Å². The number of likely N-dealkylation sites (tertiary alicyclic amines) is 1. The van der Waals surface area contributed by atoms with Crippen LogP contribution >= 0.6 is 0 Å². The summed E-state index contributed by atoms with van der Waals surface area (Å²) in [6, 6.07) is -1.27. The van der Waals surface area contributed by atoms with E-state index in [0.29, 0.717) is 0 Å². The van der Waals surface area contributed by atoms with Crippen LogP contribution in [0.3, 0.4) is 0 Å². The molecule has 7 nitrogen and oxygen atoms in total. The highest BCUT2D eigenvalue weighted by Gasteiger charge is 2.57. The summed E-state index contributed by atoms with van der Waals surface area (Å²) in [6.45, 7) is 13.7. The van der Waals surface area contributed by atoms with Crippen LogP contribution in [-0.2, 0) is 14.4 Å². The maximum Gasteiger partial charge on any atom is 0.243 e. The standard InChI is InChI=1S/C23H39N3O4/c1-13-9-10-15-17(16(13)19(28)24-8)21(30)26(14(2)11-27)18(15)20(29)25-23(6,7)12-22(3,4)5/h9-10,13-18,27H,11-12H2,1-8H3,(H,24,28)(H,25,29)/t13-,14-,15+,16-,17+,18+/m1/s1. The Morgan fingerprint density at radius 2 is 1.77 bits per heavy atom. The second-order valence-electron chi connectivity index (χ2n) is 10.8. The predicted molar refractivity (Wildman–Crippen MR) is 116 cm³/mol. The van der Waals surface area contributed by atoms with Crippen molar-refractivity contribution in [3.05, 3.63) is 12.2 Å². The minimum atomic E-state index is -0.750. The van der Waals surface area contributed by atoms with Gasteiger partial charge in [0.1, 0.15) is 6.04 Å². The number of nitrogens with one attached hydrogen (secondary N) is 2. The van der Waals surface area contributed by atoms with E-state index < -0.39 is 35.4 Å². The Hall–Kier alpha value is -1.89. The molecule has 170 valence electrons. The van der Waals surface area contributed by atoms with Crippen LogP contribution in [0, 0.1) is 29.1 Å². The van der Waals surface area contributed by atoms with Gasteiger partial charge in [0.05, 0.1) is 24.5 Å². The number of nitrogens with zero attached hydrogens (tertiary/aromatic N) is 1. The van der Waals surface area contributed by atoms with Gasteiger partial charge in [-0.2, -0.15) is 0 Å². The lowest BCUT2D eigenvalue weighted by molar-refractivity contribution is -0.143. The highest BCUT2D eigenvalue weighted by molar-refractivity contribution is 5.97. The van der Waals surface area contributed by atoms with Crippen molar-refractivity contribution in [1.82, 2.24) is 15.5 Å². The third-order valence-corrected chi connectivity index (χ3v) is 6.20. The van der Waals surface area contributed by atoms with Crippen LogP contribution in [0.4, 0.5) is 0 Å². The second kappa shape index (κ2) is 8.69. The fraction of sp³-hybridized carbons (Fsp3) is 0.783. The summed E-state index contributed by atoms with van der Waals surface area (Å²) in [5.74, 6) is -2.33. The molecule has 0 spiro atoms. The molecule has 1 aliphatic heterocycles. The first kappa shape index (κ1) is 24.4. The molecule has 1 heterocycles. The van der Waals surface area contributed by atoms with Crippen molar-refractivity contribution in [1.29, 1.82) is 0 Å². The van der Waals surface area contributed by atoms with Gasteiger partial charge in [0.15, 0.2) is 0 Å². The van der Waals surface area contributed by atoms with Gasteiger partial charge in [0.2, 0.25) is 17.7 Å². The molecular weight excluding hydrogens is 382 g/mol. The third-order valence-electron chi connectivity index (χ3n) is 6.20. The van der Waals surface area contributed by atoms with Gasteiger partial charge in [-0.3, -0.25) is 14.4 Å². The summed E-state index contributed by atoms with van der Waals surface area (Å²) >= 11 is 0. The van der Waals surface area contributed by atoms with E-state index in [0.717, 1.165) is 6.42 Å². The Morgan fingerprint density at radius 3 is 2.27 bits per heavy atom. The molecule has 1 fully saturated rings. The first-order valence-electron chi connectivity index (χ1n) is 10.9. The first-order valence-corrected chi connectivity index (χ1v) is 10.9. The molecule has 0 aromatic rings. The lowest BCUT2D eigenvalue weighted by Gasteiger charge is -2.37. The van der Waals surface area contributed by atoms with Crippen LogP contribution in [0.15, 0.2) is 12.2 Å². The lowest BCUT2D eigenvalue weighted by atomic mass is 9.70. The molecule has 6 atom stereocenters. The van der Waals surface area contributed by atoms with Crippen LogP contribution in [0.1, 0.15) is 54.9 Å². The zero-order chi connectivity index (χ0) is 23.0. The Bertz CT molecular complexity index is 710. The molecule has 0 radical (unpaired) electrons. The lowest BCUT2D eigenvalue weighted by Crippen LogP contribution is -2.56. The Morgan fingerprint density at radius 1 is 1.17 bits per heavy atom. The van der Waals surface area contributed by atoms with E-state index in [1.54, 1.807) is 14.0 Å². The average molecular weight is 422 g/mol. The second-order valence-corrected chi connectivity index (χ2v) is 10.8. The van der Waals surface area contributed by atoms with Gasteiger partial charge in [0, 0.05) is 18.5 Å². The number of aliphatic hydroxyl groups is 1. The monoisotopic (exact) mass is 421 g/mol. The van der Waals surface area contributed by atoms with Gasteiger partial charge in [0.25, 0.3) is 0 Å². The molecule has 0 aromatic carbocycles. The molecular formula is C23H39N3O4. The number of rotatable bonds is 6. The van der Waals surface area contributed by atoms with Crippen molar-refractivity contribution in [3.63, 3.8) is 0 Å². The Labute approximate surface area is 180 Å². The molecule has 0 saturated carbocycles. The molecule has 2 aliphatic rings. The summed E-state index contributed by atoms with van der Waals surface area (Å²) in [5, 5.41) is 15.6. The molecule has 0 aromatic heterocycles. The fourth-order valence-electron chi connectivity index (χ4n) is 5.45. The normalized spacial score (nSPS) is 30.1. The largest absolute Gasteiger partial charge is 0.394 e. The van der Waals surface area contributed by atoms with Gasteiger partial charge in [-0.05, 0) is 38.5 Å². The van der Waals surface area contributed by atoms with Gasteiger partial charge in [-0.1, -0.05) is 39.8 Å². The minimum Gasteiger partial charge on any atom is -0.394 e. The number of hydrogen-bond donors (Lipinski definition) is 3. The molecule has 1 aliphatic carbocycles. The Balaban J connectivity index is 2.43. The van der Waals surface area contributed by atoms with Crippen molar-refractivity contribution >= 4 is 17.7 Å². The zero-order valence-corrected chi connectivity index (χ0v) is 19.7. The van der Waals surface area contributed by atoms with E-state index in [9.17, 15) is 19.5 Å². The maximum atomic E-state index is 13.5. The summed E-state index contributed by atoms with van der Waals surface area (Å²) in [7, 11) is 1.56. The molecule has 3 N–H and O–H groups in total. The van der Waals surface area contributed by atoms with Crippen molar-refractivity contribution in [3.8, 4) is 0 Å². The molecule has 1 saturated heterocycles. The van der Waals surface area contributed by atoms with E-state index >= 15 is 0 Å². The smallest absolute Gasteiger partial charge is 0.243 e. The molecule has 2 rings (SSSR count). The summed E-state index contributed by atoms with van der Waals surface area (Å²) in [6.07, 6.45) is 4.61. The van der Waals surface area contributed by atoms with Gasteiger partial charge < -0.3 is 20.6 Å². The van der Waals surface area contributed by atoms with Crippen LogP contribution < -0.4 is 10.6 Å². The van der Waals surface area contributed by atoms with Crippen molar-refractivity contribution in [2.24, 2.45) is 29.1 Å². The van der Waals surface area contributed by atoms with Crippen molar-refractivity contribution < 1.29 is 19.5 Å². The number of carbonyl (C=O) groups excluding carboxylic acids is 3. The number of allylic oxidation sites excluding steroid dienone is 1. The third kappa shape index (κ3) is 4.88. The topological polar surface area (TPSA) is 98.7 Å². The predicted octanol–water partition coefficient (Wildman–Crippen LogP) is 1.71. The zero-order valence-electron chi connectivity index (χ0n) is 19.7. The minimum absolute atomic E-state index is 0.0212. The molecule has 0 bridgehead atoms. The van der Waals surface area contributed by atoms with E-state index in [-0.39, 0.29) is 35.7 Å². The van der Waals surface area contributed by atoms with Crippen LogP contribution in [-0.4, -0.2) is 59.0 Å². The van der Waals surface area contributed by atoms with Crippen molar-refractivity contribution in [2.75, 3.05) is 13.7 Å². The summed E-state index contributed by atoms with van der Waals surface area (Å²) < 4.78 is 0. The van der Waals surface area contributed by atoms with E-state index in [1.165, 1.54) is 4.90 Å². The van der Waals surface area contributed by atoms with E-state index in [4.69, 9.17) is 0 Å². The average Bonchev–Trinajstić information content (AvgIpc) is 2.90. The van der Waals surface area contributed by atoms with E-state index in [1.807, 2.05) is 32.9 Å². The van der Waals surface area contributed by atoms with Gasteiger partial charge >= 0.3 is 0 Å². The first-order chi connectivity index (χ1) is 13.7. The highest BCUT2D eigenvalue weighted by atomic mass is 16.3.